The van der Waals surface area contributed by atoms with Gasteiger partial charge in [0.1, 0.15) is 0 Å². The molecule has 1 aromatic carbocycles. The molecule has 1 fully saturated rings. The Bertz CT molecular complexity index is 576. The largest absolute Gasteiger partial charge is 0.478 e. The van der Waals surface area contributed by atoms with E-state index < -0.39 is 18.1 Å². The fraction of sp³-hybridized carbons (Fsp3) is 0.529. The fourth-order valence-electron chi connectivity index (χ4n) is 2.94. The van der Waals surface area contributed by atoms with Crippen LogP contribution in [-0.4, -0.2) is 29.2 Å². The van der Waals surface area contributed by atoms with Crippen molar-refractivity contribution in [3.05, 3.63) is 35.4 Å². The van der Waals surface area contributed by atoms with E-state index in [2.05, 4.69) is 5.32 Å². The summed E-state index contributed by atoms with van der Waals surface area (Å²) in [5.41, 5.74) is 1.03. The summed E-state index contributed by atoms with van der Waals surface area (Å²) in [7, 11) is 0. The molecule has 4 nitrogen and oxygen atoms in total. The predicted octanol–water partition coefficient (Wildman–Crippen LogP) is 3.55. The molecule has 1 aliphatic rings. The Kier molecular flexibility index (Phi) is 5.85. The maximum absolute atomic E-state index is 12.6. The first-order valence-electron chi connectivity index (χ1n) is 7.94. The lowest BCUT2D eigenvalue weighted by Gasteiger charge is -2.30. The fourth-order valence-corrected chi connectivity index (χ4v) is 2.94. The first-order chi connectivity index (χ1) is 11.3. The Morgan fingerprint density at radius 1 is 1.08 bits per heavy atom. The van der Waals surface area contributed by atoms with Gasteiger partial charge in [-0.2, -0.15) is 13.2 Å². The summed E-state index contributed by atoms with van der Waals surface area (Å²) in [6.45, 7) is 0. The molecular weight excluding hydrogens is 323 g/mol. The normalized spacial score (nSPS) is 21.3. The molecule has 132 valence electrons. The van der Waals surface area contributed by atoms with Crippen molar-refractivity contribution < 1.29 is 27.9 Å². The van der Waals surface area contributed by atoms with Crippen LogP contribution in [0, 0.1) is 5.92 Å². The van der Waals surface area contributed by atoms with Crippen LogP contribution in [0.4, 0.5) is 13.2 Å². The molecule has 7 heteroatoms. The molecular formula is C17H20F3NO3. The van der Waals surface area contributed by atoms with E-state index in [0.717, 1.165) is 5.56 Å². The molecule has 0 aliphatic heterocycles. The van der Waals surface area contributed by atoms with E-state index in [1.807, 2.05) is 0 Å². The Labute approximate surface area is 138 Å². The molecule has 0 radical (unpaired) electrons. The van der Waals surface area contributed by atoms with Crippen LogP contribution in [-0.2, 0) is 11.2 Å². The highest BCUT2D eigenvalue weighted by molar-refractivity contribution is 5.87. The van der Waals surface area contributed by atoms with Gasteiger partial charge in [-0.25, -0.2) is 4.79 Å². The molecule has 1 aromatic rings. The number of amides is 1. The maximum atomic E-state index is 12.6. The number of alkyl halides is 3. The average Bonchev–Trinajstić information content (AvgIpc) is 2.53. The second-order valence-electron chi connectivity index (χ2n) is 6.16. The molecule has 0 atom stereocenters. The number of carboxylic acids is 1. The van der Waals surface area contributed by atoms with Gasteiger partial charge in [0, 0.05) is 12.5 Å². The van der Waals surface area contributed by atoms with Crippen molar-refractivity contribution in [2.45, 2.75) is 50.7 Å². The Hall–Kier alpha value is -2.05. The number of carbonyl (C=O) groups is 2. The number of aromatic carboxylic acids is 1. The van der Waals surface area contributed by atoms with Crippen LogP contribution in [0.15, 0.2) is 24.3 Å². The van der Waals surface area contributed by atoms with Crippen molar-refractivity contribution in [2.75, 3.05) is 0 Å². The molecule has 1 saturated carbocycles. The molecule has 0 spiro atoms. The number of nitrogens with one attached hydrogen (secondary N) is 1. The van der Waals surface area contributed by atoms with Gasteiger partial charge in [-0.1, -0.05) is 12.1 Å². The van der Waals surface area contributed by atoms with E-state index in [0.29, 0.717) is 19.3 Å². The van der Waals surface area contributed by atoms with Crippen LogP contribution in [0.2, 0.25) is 0 Å². The SMILES string of the molecule is O=C(CCc1ccc(C(=O)O)cc1)NC1CCC(C(F)(F)F)CC1. The number of benzene rings is 1. The first-order valence-corrected chi connectivity index (χ1v) is 7.94. The number of rotatable bonds is 5. The quantitative estimate of drug-likeness (QED) is 0.859. The lowest BCUT2D eigenvalue weighted by Crippen LogP contribution is -2.40. The molecule has 0 aromatic heterocycles. The summed E-state index contributed by atoms with van der Waals surface area (Å²) >= 11 is 0. The standard InChI is InChI=1S/C17H20F3NO3/c18-17(19,20)13-6-8-14(9-7-13)21-15(22)10-3-11-1-4-12(5-2-11)16(23)24/h1-2,4-5,13-14H,3,6-10H2,(H,21,22)(H,23,24). The van der Waals surface area contributed by atoms with E-state index in [1.165, 1.54) is 12.1 Å². The summed E-state index contributed by atoms with van der Waals surface area (Å²) < 4.78 is 37.8. The van der Waals surface area contributed by atoms with Gasteiger partial charge in [0.15, 0.2) is 0 Å². The van der Waals surface area contributed by atoms with Gasteiger partial charge >= 0.3 is 12.1 Å². The second-order valence-corrected chi connectivity index (χ2v) is 6.16. The van der Waals surface area contributed by atoms with Gasteiger partial charge in [0.25, 0.3) is 0 Å². The van der Waals surface area contributed by atoms with Gasteiger partial charge < -0.3 is 10.4 Å². The summed E-state index contributed by atoms with van der Waals surface area (Å²) in [5, 5.41) is 11.6. The van der Waals surface area contributed by atoms with E-state index in [-0.39, 0.29) is 36.8 Å². The Morgan fingerprint density at radius 3 is 2.17 bits per heavy atom. The van der Waals surface area contributed by atoms with Gasteiger partial charge in [-0.3, -0.25) is 4.79 Å². The van der Waals surface area contributed by atoms with Crippen LogP contribution in [0.1, 0.15) is 48.0 Å². The summed E-state index contributed by atoms with van der Waals surface area (Å²) in [6, 6.07) is 6.09. The van der Waals surface area contributed by atoms with Crippen molar-refractivity contribution in [2.24, 2.45) is 5.92 Å². The van der Waals surface area contributed by atoms with Crippen LogP contribution in [0.5, 0.6) is 0 Å². The number of aryl methyl sites for hydroxylation is 1. The monoisotopic (exact) mass is 343 g/mol. The third kappa shape index (κ3) is 5.25. The third-order valence-corrected chi connectivity index (χ3v) is 4.40. The third-order valence-electron chi connectivity index (χ3n) is 4.40. The molecule has 0 saturated heterocycles. The smallest absolute Gasteiger partial charge is 0.391 e. The molecule has 1 aliphatic carbocycles. The van der Waals surface area contributed by atoms with Crippen molar-refractivity contribution in [1.82, 2.24) is 5.32 Å². The number of hydrogen-bond acceptors (Lipinski definition) is 2. The van der Waals surface area contributed by atoms with E-state index in [1.54, 1.807) is 12.1 Å². The molecule has 1 amide bonds. The van der Waals surface area contributed by atoms with Crippen molar-refractivity contribution >= 4 is 11.9 Å². The lowest BCUT2D eigenvalue weighted by molar-refractivity contribution is -0.182. The van der Waals surface area contributed by atoms with E-state index in [4.69, 9.17) is 5.11 Å². The summed E-state index contributed by atoms with van der Waals surface area (Å²) in [4.78, 5) is 22.7. The number of carbonyl (C=O) groups excluding carboxylic acids is 1. The zero-order valence-corrected chi connectivity index (χ0v) is 13.1. The lowest BCUT2D eigenvalue weighted by atomic mass is 9.85. The van der Waals surface area contributed by atoms with Gasteiger partial charge in [-0.15, -0.1) is 0 Å². The first kappa shape index (κ1) is 18.3. The number of hydrogen-bond donors (Lipinski definition) is 2. The van der Waals surface area contributed by atoms with E-state index in [9.17, 15) is 22.8 Å². The highest BCUT2D eigenvalue weighted by atomic mass is 19.4. The molecule has 2 rings (SSSR count). The van der Waals surface area contributed by atoms with Crippen LogP contribution >= 0.6 is 0 Å². The van der Waals surface area contributed by atoms with Crippen LogP contribution < -0.4 is 5.32 Å². The average molecular weight is 343 g/mol. The Morgan fingerprint density at radius 2 is 1.67 bits per heavy atom. The minimum absolute atomic E-state index is 0.0606. The molecule has 0 bridgehead atoms. The highest BCUT2D eigenvalue weighted by Gasteiger charge is 2.41. The minimum Gasteiger partial charge on any atom is -0.478 e. The number of carboxylic acid groups (broad SMARTS) is 1. The zero-order valence-electron chi connectivity index (χ0n) is 13.1. The van der Waals surface area contributed by atoms with Crippen molar-refractivity contribution in [3.8, 4) is 0 Å². The van der Waals surface area contributed by atoms with Crippen LogP contribution in [0.25, 0.3) is 0 Å². The molecule has 24 heavy (non-hydrogen) atoms. The van der Waals surface area contributed by atoms with Gasteiger partial charge in [0.2, 0.25) is 5.91 Å². The summed E-state index contributed by atoms with van der Waals surface area (Å²) in [6.07, 6.45) is -2.63. The summed E-state index contributed by atoms with van der Waals surface area (Å²) in [5.74, 6) is -2.44. The number of halogens is 3. The predicted molar refractivity (Wildman–Crippen MR) is 81.7 cm³/mol. The van der Waals surface area contributed by atoms with Gasteiger partial charge in [-0.05, 0) is 49.8 Å². The van der Waals surface area contributed by atoms with Gasteiger partial charge in [0.05, 0.1) is 11.5 Å². The van der Waals surface area contributed by atoms with E-state index >= 15 is 0 Å². The van der Waals surface area contributed by atoms with Crippen molar-refractivity contribution in [1.29, 1.82) is 0 Å². The van der Waals surface area contributed by atoms with Crippen LogP contribution in [0.3, 0.4) is 0 Å². The topological polar surface area (TPSA) is 66.4 Å². The zero-order chi connectivity index (χ0) is 17.7. The molecule has 2 N–H and O–H groups in total. The molecule has 0 unspecified atom stereocenters. The van der Waals surface area contributed by atoms with Crippen molar-refractivity contribution in [3.63, 3.8) is 0 Å². The maximum Gasteiger partial charge on any atom is 0.391 e. The highest BCUT2D eigenvalue weighted by Crippen LogP contribution is 2.37. The second kappa shape index (κ2) is 7.68. The minimum atomic E-state index is -4.14. The molecule has 0 heterocycles. The Balaban J connectivity index is 1.73.